The average molecular weight is 325 g/mol. The lowest BCUT2D eigenvalue weighted by molar-refractivity contribution is 0.477. The molecule has 0 amide bonds. The zero-order chi connectivity index (χ0) is 13.9. The van der Waals surface area contributed by atoms with Crippen molar-refractivity contribution >= 4 is 15.9 Å². The highest BCUT2D eigenvalue weighted by molar-refractivity contribution is 9.10. The minimum Gasteiger partial charge on any atom is -0.507 e. The highest BCUT2D eigenvalue weighted by Gasteiger charge is 2.13. The molecule has 0 fully saturated rings. The van der Waals surface area contributed by atoms with Gasteiger partial charge in [-0.15, -0.1) is 0 Å². The first kappa shape index (κ1) is 12.9. The Kier molecular flexibility index (Phi) is 3.57. The van der Waals surface area contributed by atoms with Crippen LogP contribution in [0.3, 0.4) is 0 Å². The first-order valence-corrected chi connectivity index (χ1v) is 7.19. The predicted octanol–water partition coefficient (Wildman–Crippen LogP) is 5.49. The van der Waals surface area contributed by atoms with E-state index >= 15 is 0 Å². The van der Waals surface area contributed by atoms with Crippen LogP contribution in [0.4, 0.5) is 0 Å². The van der Waals surface area contributed by atoms with Crippen LogP contribution in [0.15, 0.2) is 77.3 Å². The zero-order valence-electron chi connectivity index (χ0n) is 10.8. The van der Waals surface area contributed by atoms with Gasteiger partial charge in [0.2, 0.25) is 0 Å². The van der Waals surface area contributed by atoms with Gasteiger partial charge in [0.1, 0.15) is 5.75 Å². The van der Waals surface area contributed by atoms with Crippen LogP contribution in [0.1, 0.15) is 0 Å². The standard InChI is InChI=1S/C18H13BrO/c19-16-11-6-12-17(20)18(16)15-10-5-4-9-14(15)13-7-2-1-3-8-13/h1-12,20H. The van der Waals surface area contributed by atoms with Crippen LogP contribution < -0.4 is 0 Å². The first-order valence-electron chi connectivity index (χ1n) is 6.39. The summed E-state index contributed by atoms with van der Waals surface area (Å²) < 4.78 is 0.890. The van der Waals surface area contributed by atoms with Crippen molar-refractivity contribution in [3.63, 3.8) is 0 Å². The molecule has 20 heavy (non-hydrogen) atoms. The molecule has 0 aliphatic carbocycles. The Hall–Kier alpha value is -2.06. The number of benzene rings is 3. The number of phenols is 1. The lowest BCUT2D eigenvalue weighted by Crippen LogP contribution is -1.86. The third-order valence-electron chi connectivity index (χ3n) is 3.27. The van der Waals surface area contributed by atoms with Crippen molar-refractivity contribution < 1.29 is 5.11 Å². The maximum absolute atomic E-state index is 10.2. The van der Waals surface area contributed by atoms with Crippen LogP contribution >= 0.6 is 15.9 Å². The first-order chi connectivity index (χ1) is 9.77. The fourth-order valence-corrected chi connectivity index (χ4v) is 2.92. The summed E-state index contributed by atoms with van der Waals surface area (Å²) in [4.78, 5) is 0. The molecule has 0 aliphatic rings. The van der Waals surface area contributed by atoms with Crippen molar-refractivity contribution in [1.82, 2.24) is 0 Å². The summed E-state index contributed by atoms with van der Waals surface area (Å²) in [5, 5.41) is 10.2. The SMILES string of the molecule is Oc1cccc(Br)c1-c1ccccc1-c1ccccc1. The van der Waals surface area contributed by atoms with Gasteiger partial charge in [0, 0.05) is 10.0 Å². The third-order valence-corrected chi connectivity index (χ3v) is 3.93. The molecule has 1 N–H and O–H groups in total. The Balaban J connectivity index is 2.26. The van der Waals surface area contributed by atoms with Gasteiger partial charge in [-0.1, -0.05) is 76.6 Å². The highest BCUT2D eigenvalue weighted by Crippen LogP contribution is 2.40. The summed E-state index contributed by atoms with van der Waals surface area (Å²) in [6.45, 7) is 0. The van der Waals surface area contributed by atoms with Gasteiger partial charge < -0.3 is 5.11 Å². The Morgan fingerprint density at radius 2 is 1.30 bits per heavy atom. The van der Waals surface area contributed by atoms with Crippen LogP contribution in [0.5, 0.6) is 5.75 Å². The largest absolute Gasteiger partial charge is 0.507 e. The number of rotatable bonds is 2. The third kappa shape index (κ3) is 2.35. The summed E-state index contributed by atoms with van der Waals surface area (Å²) in [6, 6.07) is 23.8. The molecule has 3 rings (SSSR count). The van der Waals surface area contributed by atoms with E-state index in [9.17, 15) is 5.11 Å². The molecular weight excluding hydrogens is 312 g/mol. The van der Waals surface area contributed by atoms with Crippen LogP contribution in [0.25, 0.3) is 22.3 Å². The molecule has 1 nitrogen and oxygen atoms in total. The zero-order valence-corrected chi connectivity index (χ0v) is 12.3. The fraction of sp³-hybridized carbons (Fsp3) is 0. The summed E-state index contributed by atoms with van der Waals surface area (Å²) in [5.41, 5.74) is 4.09. The maximum atomic E-state index is 10.2. The van der Waals surface area contributed by atoms with E-state index in [4.69, 9.17) is 0 Å². The second-order valence-electron chi connectivity index (χ2n) is 4.55. The van der Waals surface area contributed by atoms with E-state index in [1.807, 2.05) is 48.5 Å². The molecule has 0 saturated carbocycles. The molecular formula is C18H13BrO. The molecule has 0 unspecified atom stereocenters. The van der Waals surface area contributed by atoms with Crippen molar-refractivity contribution in [1.29, 1.82) is 0 Å². The minimum absolute atomic E-state index is 0.280. The van der Waals surface area contributed by atoms with E-state index in [-0.39, 0.29) is 5.75 Å². The summed E-state index contributed by atoms with van der Waals surface area (Å²) in [6.07, 6.45) is 0. The predicted molar refractivity (Wildman–Crippen MR) is 86.7 cm³/mol. The monoisotopic (exact) mass is 324 g/mol. The molecule has 2 heteroatoms. The van der Waals surface area contributed by atoms with Crippen LogP contribution in [-0.4, -0.2) is 5.11 Å². The van der Waals surface area contributed by atoms with Gasteiger partial charge in [0.25, 0.3) is 0 Å². The van der Waals surface area contributed by atoms with Gasteiger partial charge in [0.05, 0.1) is 0 Å². The van der Waals surface area contributed by atoms with Crippen molar-refractivity contribution in [2.45, 2.75) is 0 Å². The van der Waals surface area contributed by atoms with Crippen molar-refractivity contribution in [2.75, 3.05) is 0 Å². The lowest BCUT2D eigenvalue weighted by Gasteiger charge is -2.13. The van der Waals surface area contributed by atoms with Gasteiger partial charge in [-0.25, -0.2) is 0 Å². The van der Waals surface area contributed by atoms with E-state index in [0.717, 1.165) is 26.7 Å². The van der Waals surface area contributed by atoms with Crippen molar-refractivity contribution in [3.8, 4) is 28.0 Å². The van der Waals surface area contributed by atoms with E-state index in [2.05, 4.69) is 34.1 Å². The fourth-order valence-electron chi connectivity index (χ4n) is 2.35. The van der Waals surface area contributed by atoms with Crippen molar-refractivity contribution in [2.24, 2.45) is 0 Å². The maximum Gasteiger partial charge on any atom is 0.124 e. The topological polar surface area (TPSA) is 20.2 Å². The van der Waals surface area contributed by atoms with Crippen LogP contribution in [0.2, 0.25) is 0 Å². The molecule has 0 saturated heterocycles. The number of phenolic OH excluding ortho intramolecular Hbond substituents is 1. The quantitative estimate of drug-likeness (QED) is 0.661. The Bertz CT molecular complexity index is 715. The van der Waals surface area contributed by atoms with Gasteiger partial charge >= 0.3 is 0 Å². The van der Waals surface area contributed by atoms with Gasteiger partial charge in [-0.2, -0.15) is 0 Å². The van der Waals surface area contributed by atoms with Gasteiger partial charge in [0.15, 0.2) is 0 Å². The highest BCUT2D eigenvalue weighted by atomic mass is 79.9. The van der Waals surface area contributed by atoms with Crippen LogP contribution in [-0.2, 0) is 0 Å². The van der Waals surface area contributed by atoms with E-state index in [1.165, 1.54) is 0 Å². The Labute approximate surface area is 126 Å². The molecule has 0 atom stereocenters. The molecule has 0 aromatic heterocycles. The molecule has 0 radical (unpaired) electrons. The van der Waals surface area contributed by atoms with Gasteiger partial charge in [-0.05, 0) is 28.8 Å². The normalized spacial score (nSPS) is 10.4. The number of aromatic hydroxyl groups is 1. The number of hydrogen-bond acceptors (Lipinski definition) is 1. The summed E-state index contributed by atoms with van der Waals surface area (Å²) in [5.74, 6) is 0.280. The molecule has 0 bridgehead atoms. The molecule has 3 aromatic rings. The van der Waals surface area contributed by atoms with Gasteiger partial charge in [-0.3, -0.25) is 0 Å². The van der Waals surface area contributed by atoms with Crippen LogP contribution in [0, 0.1) is 0 Å². The minimum atomic E-state index is 0.280. The Morgan fingerprint density at radius 3 is 2.00 bits per heavy atom. The second kappa shape index (κ2) is 5.51. The summed E-state index contributed by atoms with van der Waals surface area (Å²) >= 11 is 3.53. The summed E-state index contributed by atoms with van der Waals surface area (Å²) in [7, 11) is 0. The second-order valence-corrected chi connectivity index (χ2v) is 5.40. The molecule has 98 valence electrons. The molecule has 0 aliphatic heterocycles. The molecule has 0 heterocycles. The Morgan fingerprint density at radius 1 is 0.650 bits per heavy atom. The van der Waals surface area contributed by atoms with E-state index in [1.54, 1.807) is 6.07 Å². The van der Waals surface area contributed by atoms with E-state index in [0.29, 0.717) is 0 Å². The van der Waals surface area contributed by atoms with E-state index < -0.39 is 0 Å². The molecule has 3 aromatic carbocycles. The molecule has 0 spiro atoms. The van der Waals surface area contributed by atoms with Crippen molar-refractivity contribution in [3.05, 3.63) is 77.3 Å². The lowest BCUT2D eigenvalue weighted by atomic mass is 9.94. The average Bonchev–Trinajstić information content (AvgIpc) is 2.48. The smallest absolute Gasteiger partial charge is 0.124 e. The number of halogens is 1. The number of hydrogen-bond donors (Lipinski definition) is 1.